The van der Waals surface area contributed by atoms with Gasteiger partial charge in [-0.25, -0.2) is 0 Å². The summed E-state index contributed by atoms with van der Waals surface area (Å²) in [6.45, 7) is 1.07. The number of methoxy groups -OCH3 is 1. The van der Waals surface area contributed by atoms with Crippen LogP contribution in [0.2, 0.25) is 5.02 Å². The maximum atomic E-state index is 11.9. The van der Waals surface area contributed by atoms with Gasteiger partial charge in [0.1, 0.15) is 0 Å². The average molecular weight is 307 g/mol. The van der Waals surface area contributed by atoms with E-state index < -0.39 is 0 Å². The van der Waals surface area contributed by atoms with Crippen molar-refractivity contribution in [1.82, 2.24) is 4.90 Å². The first-order valence-electron chi connectivity index (χ1n) is 4.75. The van der Waals surface area contributed by atoms with E-state index in [-0.39, 0.29) is 5.91 Å². The maximum absolute atomic E-state index is 11.9. The molecule has 1 aromatic carbocycles. The lowest BCUT2D eigenvalue weighted by Gasteiger charge is -2.16. The molecule has 0 saturated carbocycles. The number of carbonyl (C=O) groups excluding carboxylic acids is 1. The number of likely N-dealkylation sites (N-methyl/N-ethyl adjacent to an activating group) is 1. The van der Waals surface area contributed by atoms with Crippen molar-refractivity contribution in [3.05, 3.63) is 33.3 Å². The van der Waals surface area contributed by atoms with Crippen molar-refractivity contribution in [2.75, 3.05) is 27.3 Å². The summed E-state index contributed by atoms with van der Waals surface area (Å²) in [4.78, 5) is 13.5. The summed E-state index contributed by atoms with van der Waals surface area (Å²) in [5.41, 5.74) is 0.568. The van der Waals surface area contributed by atoms with Crippen molar-refractivity contribution in [2.45, 2.75) is 0 Å². The third-order valence-corrected chi connectivity index (χ3v) is 2.76. The number of halogens is 2. The van der Waals surface area contributed by atoms with Crippen LogP contribution in [0.1, 0.15) is 10.4 Å². The monoisotopic (exact) mass is 305 g/mol. The second-order valence-corrected chi connectivity index (χ2v) is 4.73. The summed E-state index contributed by atoms with van der Waals surface area (Å²) in [5, 5.41) is 0.540. The molecule has 0 radical (unpaired) electrons. The lowest BCUT2D eigenvalue weighted by atomic mass is 10.2. The molecule has 0 unspecified atom stereocenters. The minimum atomic E-state index is -0.0692. The first-order chi connectivity index (χ1) is 7.54. The number of ether oxygens (including phenoxy) is 1. The van der Waals surface area contributed by atoms with Crippen molar-refractivity contribution in [2.24, 2.45) is 0 Å². The quantitative estimate of drug-likeness (QED) is 0.856. The van der Waals surface area contributed by atoms with Gasteiger partial charge in [0.25, 0.3) is 5.91 Å². The zero-order chi connectivity index (χ0) is 12.1. The summed E-state index contributed by atoms with van der Waals surface area (Å²) in [5.74, 6) is -0.0692. The number of amides is 1. The molecule has 0 spiro atoms. The van der Waals surface area contributed by atoms with Crippen LogP contribution in [0.5, 0.6) is 0 Å². The van der Waals surface area contributed by atoms with Gasteiger partial charge in [-0.1, -0.05) is 27.5 Å². The zero-order valence-corrected chi connectivity index (χ0v) is 11.5. The Kier molecular flexibility index (Phi) is 5.25. The molecule has 0 saturated heterocycles. The van der Waals surface area contributed by atoms with E-state index in [4.69, 9.17) is 16.3 Å². The molecule has 0 aliphatic carbocycles. The van der Waals surface area contributed by atoms with Gasteiger partial charge in [-0.3, -0.25) is 4.79 Å². The zero-order valence-electron chi connectivity index (χ0n) is 9.17. The van der Waals surface area contributed by atoms with E-state index in [2.05, 4.69) is 15.9 Å². The van der Waals surface area contributed by atoms with E-state index in [9.17, 15) is 4.79 Å². The first kappa shape index (κ1) is 13.5. The summed E-state index contributed by atoms with van der Waals surface area (Å²) < 4.78 is 5.71. The van der Waals surface area contributed by atoms with E-state index >= 15 is 0 Å². The summed E-state index contributed by atoms with van der Waals surface area (Å²) in [6, 6.07) is 5.14. The van der Waals surface area contributed by atoms with Crippen LogP contribution in [0, 0.1) is 0 Å². The molecule has 0 N–H and O–H groups in total. The first-order valence-corrected chi connectivity index (χ1v) is 5.92. The van der Waals surface area contributed by atoms with Crippen molar-refractivity contribution in [1.29, 1.82) is 0 Å². The van der Waals surface area contributed by atoms with Gasteiger partial charge in [0.05, 0.1) is 6.61 Å². The van der Waals surface area contributed by atoms with E-state index in [0.717, 1.165) is 4.47 Å². The van der Waals surface area contributed by atoms with Crippen LogP contribution in [0.25, 0.3) is 0 Å². The normalized spacial score (nSPS) is 10.2. The molecule has 1 rings (SSSR count). The third-order valence-electron chi connectivity index (χ3n) is 2.09. The molecule has 0 aliphatic heterocycles. The molecular formula is C11H13BrClNO2. The van der Waals surface area contributed by atoms with Crippen LogP contribution < -0.4 is 0 Å². The molecule has 5 heteroatoms. The second kappa shape index (κ2) is 6.23. The summed E-state index contributed by atoms with van der Waals surface area (Å²) >= 11 is 9.18. The summed E-state index contributed by atoms with van der Waals surface area (Å²) in [7, 11) is 3.34. The number of carbonyl (C=O) groups is 1. The van der Waals surface area contributed by atoms with Gasteiger partial charge in [0.15, 0.2) is 0 Å². The molecule has 1 amide bonds. The Hall–Kier alpha value is -0.580. The largest absolute Gasteiger partial charge is 0.383 e. The molecule has 0 fully saturated rings. The molecule has 0 heterocycles. The van der Waals surface area contributed by atoms with Crippen molar-refractivity contribution < 1.29 is 9.53 Å². The van der Waals surface area contributed by atoms with Crippen LogP contribution in [0.4, 0.5) is 0 Å². The third kappa shape index (κ3) is 3.77. The fourth-order valence-corrected chi connectivity index (χ4v) is 2.09. The number of benzene rings is 1. The van der Waals surface area contributed by atoms with Gasteiger partial charge in [-0.05, 0) is 18.2 Å². The van der Waals surface area contributed by atoms with Gasteiger partial charge in [0.2, 0.25) is 0 Å². The molecule has 0 aliphatic rings. The van der Waals surface area contributed by atoms with Crippen LogP contribution >= 0.6 is 27.5 Å². The van der Waals surface area contributed by atoms with Crippen molar-refractivity contribution >= 4 is 33.4 Å². The van der Waals surface area contributed by atoms with Gasteiger partial charge >= 0.3 is 0 Å². The molecule has 0 atom stereocenters. The highest BCUT2D eigenvalue weighted by molar-refractivity contribution is 9.10. The Labute approximate surface area is 108 Å². The number of hydrogen-bond donors (Lipinski definition) is 0. The highest BCUT2D eigenvalue weighted by Gasteiger charge is 2.12. The van der Waals surface area contributed by atoms with E-state index in [0.29, 0.717) is 23.7 Å². The molecular weight excluding hydrogens is 293 g/mol. The van der Waals surface area contributed by atoms with Gasteiger partial charge in [-0.15, -0.1) is 0 Å². The second-order valence-electron chi connectivity index (χ2n) is 3.38. The predicted octanol–water partition coefficient (Wildman–Crippen LogP) is 2.82. The van der Waals surface area contributed by atoms with E-state index in [1.54, 1.807) is 37.3 Å². The molecule has 3 nitrogen and oxygen atoms in total. The highest BCUT2D eigenvalue weighted by Crippen LogP contribution is 2.20. The van der Waals surface area contributed by atoms with Crippen molar-refractivity contribution in [3.8, 4) is 0 Å². The van der Waals surface area contributed by atoms with Gasteiger partial charge < -0.3 is 9.64 Å². The standard InChI is InChI=1S/C11H13BrClNO2/c1-14(3-4-16-2)11(15)8-5-9(12)7-10(13)6-8/h5-7H,3-4H2,1-2H3. The van der Waals surface area contributed by atoms with Crippen LogP contribution in [0.15, 0.2) is 22.7 Å². The Bertz CT molecular complexity index is 364. The van der Waals surface area contributed by atoms with Gasteiger partial charge in [-0.2, -0.15) is 0 Å². The Morgan fingerprint density at radius 2 is 2.19 bits per heavy atom. The van der Waals surface area contributed by atoms with E-state index in [1.165, 1.54) is 0 Å². The Balaban J connectivity index is 2.79. The molecule has 88 valence electrons. The van der Waals surface area contributed by atoms with Crippen molar-refractivity contribution in [3.63, 3.8) is 0 Å². The lowest BCUT2D eigenvalue weighted by Crippen LogP contribution is -2.29. The topological polar surface area (TPSA) is 29.5 Å². The number of nitrogens with zero attached hydrogens (tertiary/aromatic N) is 1. The number of rotatable bonds is 4. The SMILES string of the molecule is COCCN(C)C(=O)c1cc(Cl)cc(Br)c1. The smallest absolute Gasteiger partial charge is 0.253 e. The predicted molar refractivity (Wildman–Crippen MR) is 68.0 cm³/mol. The van der Waals surface area contributed by atoms with Gasteiger partial charge in [0, 0.05) is 35.8 Å². The fraction of sp³-hybridized carbons (Fsp3) is 0.364. The fourth-order valence-electron chi connectivity index (χ4n) is 1.23. The van der Waals surface area contributed by atoms with Crippen LogP contribution in [-0.2, 0) is 4.74 Å². The Morgan fingerprint density at radius 1 is 1.50 bits per heavy atom. The highest BCUT2D eigenvalue weighted by atomic mass is 79.9. The maximum Gasteiger partial charge on any atom is 0.253 e. The molecule has 1 aromatic rings. The molecule has 0 aromatic heterocycles. The lowest BCUT2D eigenvalue weighted by molar-refractivity contribution is 0.0744. The summed E-state index contributed by atoms with van der Waals surface area (Å²) in [6.07, 6.45) is 0. The van der Waals surface area contributed by atoms with Crippen LogP contribution in [0.3, 0.4) is 0 Å². The molecule has 0 bridgehead atoms. The number of hydrogen-bond acceptors (Lipinski definition) is 2. The molecule has 16 heavy (non-hydrogen) atoms. The minimum absolute atomic E-state index is 0.0692. The average Bonchev–Trinajstić information content (AvgIpc) is 2.23. The Morgan fingerprint density at radius 3 is 2.75 bits per heavy atom. The van der Waals surface area contributed by atoms with Crippen LogP contribution in [-0.4, -0.2) is 38.1 Å². The van der Waals surface area contributed by atoms with E-state index in [1.807, 2.05) is 0 Å². The minimum Gasteiger partial charge on any atom is -0.383 e.